The summed E-state index contributed by atoms with van der Waals surface area (Å²) in [7, 11) is -3.94. The number of carbonyl (C=O) groups excluding carboxylic acids is 1. The van der Waals surface area contributed by atoms with Gasteiger partial charge in [0.2, 0.25) is 0 Å². The maximum absolute atomic E-state index is 13.1. The van der Waals surface area contributed by atoms with Crippen molar-refractivity contribution in [2.24, 2.45) is 5.10 Å². The van der Waals surface area contributed by atoms with Crippen molar-refractivity contribution < 1.29 is 26.8 Å². The number of furan rings is 1. The Balaban J connectivity index is 1.61. The Morgan fingerprint density at radius 1 is 1.17 bits per heavy atom. The van der Waals surface area contributed by atoms with Gasteiger partial charge in [-0.25, -0.2) is 4.39 Å². The standard InChI is InChI=1S/C20H22FN3O5S/c1-13-18-16(22-23-30(26,27)15-7-5-14(21)6-8-15)3-2-4-17(18)29-19(13)20(25)24-9-11-28-12-10-24/h5-8,23H,2-4,9-12H2,1H3/b22-16+. The van der Waals surface area contributed by atoms with E-state index in [0.717, 1.165) is 18.6 Å². The third kappa shape index (κ3) is 3.97. The highest BCUT2D eigenvalue weighted by Gasteiger charge is 2.31. The highest BCUT2D eigenvalue weighted by atomic mass is 32.2. The van der Waals surface area contributed by atoms with E-state index in [0.29, 0.717) is 61.7 Å². The van der Waals surface area contributed by atoms with Crippen LogP contribution in [0.4, 0.5) is 4.39 Å². The molecule has 10 heteroatoms. The second kappa shape index (κ2) is 8.19. The molecule has 1 aromatic carbocycles. The summed E-state index contributed by atoms with van der Waals surface area (Å²) in [4.78, 5) is 16.7. The molecule has 1 fully saturated rings. The number of hydrogen-bond acceptors (Lipinski definition) is 6. The summed E-state index contributed by atoms with van der Waals surface area (Å²) in [5.41, 5.74) is 1.85. The molecule has 2 heterocycles. The molecule has 4 rings (SSSR count). The number of aryl methyl sites for hydroxylation is 1. The van der Waals surface area contributed by atoms with Crippen LogP contribution in [0.5, 0.6) is 0 Å². The molecule has 0 spiro atoms. The minimum Gasteiger partial charge on any atom is -0.455 e. The van der Waals surface area contributed by atoms with E-state index in [4.69, 9.17) is 9.15 Å². The quantitative estimate of drug-likeness (QED) is 0.742. The third-order valence-electron chi connectivity index (χ3n) is 5.24. The van der Waals surface area contributed by atoms with Gasteiger partial charge < -0.3 is 14.1 Å². The first-order valence-corrected chi connectivity index (χ1v) is 11.2. The monoisotopic (exact) mass is 435 g/mol. The first-order valence-electron chi connectivity index (χ1n) is 9.70. The fraction of sp³-hybridized carbons (Fsp3) is 0.400. The number of halogens is 1. The Bertz CT molecular complexity index is 1090. The predicted molar refractivity (Wildman–Crippen MR) is 106 cm³/mol. The Hall–Kier alpha value is -2.72. The summed E-state index contributed by atoms with van der Waals surface area (Å²) in [5.74, 6) is 0.174. The number of sulfonamides is 1. The minimum absolute atomic E-state index is 0.0867. The number of hydrazone groups is 1. The SMILES string of the molecule is Cc1c(C(=O)N2CCOCC2)oc2c1/C(=N/NS(=O)(=O)c1ccc(F)cc1)CCC2. The molecule has 0 saturated carbocycles. The summed E-state index contributed by atoms with van der Waals surface area (Å²) in [6.07, 6.45) is 1.92. The fourth-order valence-corrected chi connectivity index (χ4v) is 4.51. The first kappa shape index (κ1) is 20.5. The Labute approximate surface area is 173 Å². The Morgan fingerprint density at radius 2 is 1.87 bits per heavy atom. The van der Waals surface area contributed by atoms with Crippen LogP contribution in [0.3, 0.4) is 0 Å². The lowest BCUT2D eigenvalue weighted by molar-refractivity contribution is 0.0281. The molecule has 2 aromatic rings. The lowest BCUT2D eigenvalue weighted by atomic mass is 9.93. The lowest BCUT2D eigenvalue weighted by Gasteiger charge is -2.26. The molecule has 1 amide bonds. The summed E-state index contributed by atoms with van der Waals surface area (Å²) < 4.78 is 49.2. The van der Waals surface area contributed by atoms with Crippen LogP contribution in [0.15, 0.2) is 38.7 Å². The summed E-state index contributed by atoms with van der Waals surface area (Å²) in [6, 6.07) is 4.49. The van der Waals surface area contributed by atoms with Gasteiger partial charge >= 0.3 is 0 Å². The summed E-state index contributed by atoms with van der Waals surface area (Å²) in [5, 5.41) is 4.12. The number of benzene rings is 1. The normalized spacial score (nSPS) is 18.3. The van der Waals surface area contributed by atoms with E-state index in [1.54, 1.807) is 11.8 Å². The van der Waals surface area contributed by atoms with Crippen molar-refractivity contribution in [3.8, 4) is 0 Å². The van der Waals surface area contributed by atoms with Crippen molar-refractivity contribution in [2.45, 2.75) is 31.1 Å². The number of nitrogens with one attached hydrogen (secondary N) is 1. The van der Waals surface area contributed by atoms with Gasteiger partial charge in [-0.15, -0.1) is 0 Å². The van der Waals surface area contributed by atoms with E-state index in [1.165, 1.54) is 12.1 Å². The molecule has 0 atom stereocenters. The number of amides is 1. The van der Waals surface area contributed by atoms with Crippen LogP contribution in [0.1, 0.15) is 40.3 Å². The molecule has 160 valence electrons. The van der Waals surface area contributed by atoms with Crippen LogP contribution in [0, 0.1) is 12.7 Å². The largest absolute Gasteiger partial charge is 0.455 e. The van der Waals surface area contributed by atoms with E-state index >= 15 is 0 Å². The van der Waals surface area contributed by atoms with E-state index in [1.807, 2.05) is 0 Å². The number of carbonyl (C=O) groups is 1. The van der Waals surface area contributed by atoms with Gasteiger partial charge in [0.25, 0.3) is 15.9 Å². The van der Waals surface area contributed by atoms with E-state index in [2.05, 4.69) is 9.93 Å². The molecular weight excluding hydrogens is 413 g/mol. The van der Waals surface area contributed by atoms with Gasteiger partial charge in [0.1, 0.15) is 11.6 Å². The molecule has 1 aliphatic heterocycles. The topological polar surface area (TPSA) is 101 Å². The van der Waals surface area contributed by atoms with E-state index in [-0.39, 0.29) is 16.6 Å². The van der Waals surface area contributed by atoms with Gasteiger partial charge in [0, 0.05) is 30.6 Å². The highest BCUT2D eigenvalue weighted by Crippen LogP contribution is 2.30. The second-order valence-electron chi connectivity index (χ2n) is 7.22. The summed E-state index contributed by atoms with van der Waals surface area (Å²) >= 11 is 0. The molecule has 1 aliphatic carbocycles. The van der Waals surface area contributed by atoms with Gasteiger partial charge in [0.15, 0.2) is 5.76 Å². The zero-order chi connectivity index (χ0) is 21.3. The van der Waals surface area contributed by atoms with Crippen LogP contribution >= 0.6 is 0 Å². The molecule has 0 unspecified atom stereocenters. The van der Waals surface area contributed by atoms with Crippen LogP contribution in [0.25, 0.3) is 0 Å². The molecule has 1 saturated heterocycles. The van der Waals surface area contributed by atoms with Gasteiger partial charge in [-0.3, -0.25) is 4.79 Å². The highest BCUT2D eigenvalue weighted by molar-refractivity contribution is 7.89. The molecule has 1 aromatic heterocycles. The smallest absolute Gasteiger partial charge is 0.290 e. The van der Waals surface area contributed by atoms with Crippen LogP contribution < -0.4 is 4.83 Å². The predicted octanol–water partition coefficient (Wildman–Crippen LogP) is 2.22. The number of rotatable bonds is 4. The number of nitrogens with zero attached hydrogens (tertiary/aromatic N) is 2. The molecule has 2 aliphatic rings. The number of hydrogen-bond donors (Lipinski definition) is 1. The lowest BCUT2D eigenvalue weighted by Crippen LogP contribution is -2.40. The zero-order valence-corrected chi connectivity index (χ0v) is 17.3. The van der Waals surface area contributed by atoms with E-state index in [9.17, 15) is 17.6 Å². The number of morpholine rings is 1. The molecule has 0 bridgehead atoms. The molecule has 1 N–H and O–H groups in total. The van der Waals surface area contributed by atoms with Crippen molar-refractivity contribution in [3.63, 3.8) is 0 Å². The van der Waals surface area contributed by atoms with Crippen molar-refractivity contribution >= 4 is 21.6 Å². The zero-order valence-electron chi connectivity index (χ0n) is 16.5. The van der Waals surface area contributed by atoms with Crippen molar-refractivity contribution in [1.82, 2.24) is 9.73 Å². The maximum Gasteiger partial charge on any atom is 0.290 e. The van der Waals surface area contributed by atoms with Crippen molar-refractivity contribution in [2.75, 3.05) is 26.3 Å². The number of fused-ring (bicyclic) bond motifs is 1. The fourth-order valence-electron chi connectivity index (χ4n) is 3.68. The van der Waals surface area contributed by atoms with Gasteiger partial charge in [-0.2, -0.15) is 18.4 Å². The maximum atomic E-state index is 13.1. The molecule has 0 radical (unpaired) electrons. The van der Waals surface area contributed by atoms with Crippen LogP contribution in [-0.2, 0) is 21.2 Å². The summed E-state index contributed by atoms with van der Waals surface area (Å²) in [6.45, 7) is 3.77. The van der Waals surface area contributed by atoms with Gasteiger partial charge in [-0.1, -0.05) is 0 Å². The molecular formula is C20H22FN3O5S. The van der Waals surface area contributed by atoms with Crippen molar-refractivity contribution in [1.29, 1.82) is 0 Å². The Kier molecular flexibility index (Phi) is 5.61. The molecule has 30 heavy (non-hydrogen) atoms. The van der Waals surface area contributed by atoms with Gasteiger partial charge in [0.05, 0.1) is 23.8 Å². The third-order valence-corrected chi connectivity index (χ3v) is 6.47. The van der Waals surface area contributed by atoms with Crippen LogP contribution in [0.2, 0.25) is 0 Å². The second-order valence-corrected chi connectivity index (χ2v) is 8.88. The average molecular weight is 435 g/mol. The van der Waals surface area contributed by atoms with Crippen molar-refractivity contribution in [3.05, 3.63) is 52.7 Å². The van der Waals surface area contributed by atoms with Crippen LogP contribution in [-0.4, -0.2) is 51.2 Å². The first-order chi connectivity index (χ1) is 14.4. The van der Waals surface area contributed by atoms with E-state index < -0.39 is 15.8 Å². The van der Waals surface area contributed by atoms with Gasteiger partial charge in [-0.05, 0) is 44.0 Å². The Morgan fingerprint density at radius 3 is 2.57 bits per heavy atom. The average Bonchev–Trinajstić information content (AvgIpc) is 3.10. The number of ether oxygens (including phenoxy) is 1. The molecule has 8 nitrogen and oxygen atoms in total. The minimum atomic E-state index is -3.94.